The topological polar surface area (TPSA) is 78.9 Å². The summed E-state index contributed by atoms with van der Waals surface area (Å²) in [4.78, 5) is 38.2. The molecular formula is C71H116O6. The normalized spacial score (nSPS) is 13.0. The minimum absolute atomic E-state index is 0.103. The van der Waals surface area contributed by atoms with Gasteiger partial charge in [0.2, 0.25) is 0 Å². The molecule has 0 saturated carbocycles. The van der Waals surface area contributed by atoms with Crippen molar-refractivity contribution in [2.24, 2.45) is 0 Å². The average Bonchev–Trinajstić information content (AvgIpc) is 3.43. The van der Waals surface area contributed by atoms with Gasteiger partial charge < -0.3 is 14.2 Å². The standard InChI is InChI=1S/C71H116O6/c1-4-7-10-13-16-19-22-25-28-30-31-32-33-34-35-36-37-38-39-40-41-42-44-46-49-52-55-58-61-64-70(73)76-67-68(66-75-69(72)63-60-57-54-51-48-45-27-24-21-18-15-12-9-6-3)77-71(74)65-62-59-56-53-50-47-43-29-26-23-20-17-14-11-8-5-2/h7,10,16,19-20,23,25,28-29,31-32,34-35,37-38,40-41,43-44,46,52,55,68H,4-6,8-9,11-15,17-18,21-22,24,26-27,30,33,36,39,42,45,47-51,53-54,56-67H2,1-3H3/b10-7-,19-16-,23-20-,28-25-,32-31-,35-34-,38-37-,41-40-,43-29-,46-44-,55-52-. The third kappa shape index (κ3) is 62.3. The van der Waals surface area contributed by atoms with Gasteiger partial charge in [-0.3, -0.25) is 14.4 Å². The van der Waals surface area contributed by atoms with Gasteiger partial charge >= 0.3 is 17.9 Å². The zero-order valence-electron chi connectivity index (χ0n) is 49.9. The summed E-state index contributed by atoms with van der Waals surface area (Å²) in [5, 5.41) is 0. The van der Waals surface area contributed by atoms with Crippen LogP contribution in [0.2, 0.25) is 0 Å². The van der Waals surface area contributed by atoms with E-state index in [0.717, 1.165) is 128 Å². The number of hydrogen-bond acceptors (Lipinski definition) is 6. The Morgan fingerprint density at radius 1 is 0.273 bits per heavy atom. The number of allylic oxidation sites excluding steroid dienone is 22. The molecule has 77 heavy (non-hydrogen) atoms. The molecule has 0 aromatic heterocycles. The fourth-order valence-corrected chi connectivity index (χ4v) is 8.42. The van der Waals surface area contributed by atoms with Gasteiger partial charge in [-0.25, -0.2) is 0 Å². The molecule has 0 saturated heterocycles. The molecule has 0 aliphatic carbocycles. The van der Waals surface area contributed by atoms with Crippen LogP contribution >= 0.6 is 0 Å². The molecule has 0 bridgehead atoms. The molecule has 6 nitrogen and oxygen atoms in total. The summed E-state index contributed by atoms with van der Waals surface area (Å²) < 4.78 is 16.8. The summed E-state index contributed by atoms with van der Waals surface area (Å²) in [7, 11) is 0. The molecule has 0 N–H and O–H groups in total. The first-order valence-corrected chi connectivity index (χ1v) is 31.7. The van der Waals surface area contributed by atoms with Crippen molar-refractivity contribution in [3.05, 3.63) is 134 Å². The van der Waals surface area contributed by atoms with Crippen LogP contribution in [0, 0.1) is 0 Å². The molecule has 436 valence electrons. The SMILES string of the molecule is CC/C=C\C/C=C\C/C=C\C/C=C\C/C=C\C/C=C\C/C=C\C/C=C\C/C=C\CCCC(=O)OCC(COC(=O)CCCCCCCCCCCCCCCC)OC(=O)CCCCCCC/C=C\C/C=C\CCCCCC. The number of esters is 3. The summed E-state index contributed by atoms with van der Waals surface area (Å²) >= 11 is 0. The molecule has 6 heteroatoms. The minimum Gasteiger partial charge on any atom is -0.462 e. The average molecular weight is 1070 g/mol. The Labute approximate surface area is 475 Å². The van der Waals surface area contributed by atoms with Gasteiger partial charge in [0.25, 0.3) is 0 Å². The summed E-state index contributed by atoms with van der Waals surface area (Å²) in [6, 6.07) is 0. The molecule has 0 aromatic carbocycles. The van der Waals surface area contributed by atoms with Crippen LogP contribution in [0.25, 0.3) is 0 Å². The highest BCUT2D eigenvalue weighted by Gasteiger charge is 2.19. The van der Waals surface area contributed by atoms with E-state index in [1.54, 1.807) is 0 Å². The van der Waals surface area contributed by atoms with Crippen LogP contribution in [0.4, 0.5) is 0 Å². The maximum atomic E-state index is 12.9. The molecule has 1 atom stereocenters. The van der Waals surface area contributed by atoms with Crippen LogP contribution in [0.3, 0.4) is 0 Å². The van der Waals surface area contributed by atoms with E-state index in [-0.39, 0.29) is 37.5 Å². The van der Waals surface area contributed by atoms with E-state index >= 15 is 0 Å². The van der Waals surface area contributed by atoms with Crippen LogP contribution in [0.1, 0.15) is 278 Å². The lowest BCUT2D eigenvalue weighted by Gasteiger charge is -2.18. The Morgan fingerprint density at radius 2 is 0.519 bits per heavy atom. The third-order valence-electron chi connectivity index (χ3n) is 13.1. The second kappa shape index (κ2) is 64.1. The highest BCUT2D eigenvalue weighted by atomic mass is 16.6. The second-order valence-corrected chi connectivity index (χ2v) is 20.6. The van der Waals surface area contributed by atoms with Crippen molar-refractivity contribution >= 4 is 17.9 Å². The molecule has 0 amide bonds. The maximum Gasteiger partial charge on any atom is 0.306 e. The van der Waals surface area contributed by atoms with Crippen molar-refractivity contribution < 1.29 is 28.6 Å². The first-order valence-electron chi connectivity index (χ1n) is 31.7. The molecule has 0 rings (SSSR count). The Morgan fingerprint density at radius 3 is 0.857 bits per heavy atom. The van der Waals surface area contributed by atoms with E-state index in [4.69, 9.17) is 14.2 Å². The number of rotatable bonds is 56. The third-order valence-corrected chi connectivity index (χ3v) is 13.1. The van der Waals surface area contributed by atoms with Crippen LogP contribution < -0.4 is 0 Å². The Kier molecular flexibility index (Phi) is 60.4. The summed E-state index contributed by atoms with van der Waals surface area (Å²) in [5.41, 5.74) is 0. The maximum absolute atomic E-state index is 12.9. The number of carbonyl (C=O) groups is 3. The summed E-state index contributed by atoms with van der Waals surface area (Å²) in [6.45, 7) is 6.46. The number of ether oxygens (including phenoxy) is 3. The predicted molar refractivity (Wildman–Crippen MR) is 334 cm³/mol. The number of hydrogen-bond donors (Lipinski definition) is 0. The molecule has 1 unspecified atom stereocenters. The lowest BCUT2D eigenvalue weighted by atomic mass is 10.0. The van der Waals surface area contributed by atoms with Gasteiger partial charge in [0.05, 0.1) is 0 Å². The number of carbonyl (C=O) groups excluding carboxylic acids is 3. The summed E-state index contributed by atoms with van der Waals surface area (Å²) in [5.74, 6) is -0.977. The van der Waals surface area contributed by atoms with Crippen molar-refractivity contribution in [2.45, 2.75) is 284 Å². The molecule has 0 aromatic rings. The van der Waals surface area contributed by atoms with E-state index < -0.39 is 6.10 Å². The monoisotopic (exact) mass is 1060 g/mol. The lowest BCUT2D eigenvalue weighted by Crippen LogP contribution is -2.30. The van der Waals surface area contributed by atoms with E-state index in [0.29, 0.717) is 19.3 Å². The zero-order chi connectivity index (χ0) is 55.7. The van der Waals surface area contributed by atoms with Gasteiger partial charge in [-0.15, -0.1) is 0 Å². The Hall–Kier alpha value is -4.45. The Balaban J connectivity index is 4.46. The molecular weight excluding hydrogens is 949 g/mol. The van der Waals surface area contributed by atoms with Gasteiger partial charge in [-0.2, -0.15) is 0 Å². The van der Waals surface area contributed by atoms with Crippen LogP contribution in [-0.2, 0) is 28.6 Å². The molecule has 0 radical (unpaired) electrons. The zero-order valence-corrected chi connectivity index (χ0v) is 49.9. The fraction of sp³-hybridized carbons (Fsp3) is 0.648. The Bertz CT molecular complexity index is 1650. The van der Waals surface area contributed by atoms with E-state index in [1.165, 1.54) is 103 Å². The predicted octanol–water partition coefficient (Wildman–Crippen LogP) is 21.8. The lowest BCUT2D eigenvalue weighted by molar-refractivity contribution is -0.167. The molecule has 0 fully saturated rings. The van der Waals surface area contributed by atoms with Crippen LogP contribution in [-0.4, -0.2) is 37.2 Å². The smallest absolute Gasteiger partial charge is 0.306 e. The van der Waals surface area contributed by atoms with Gasteiger partial charge in [0.15, 0.2) is 6.10 Å². The van der Waals surface area contributed by atoms with Crippen molar-refractivity contribution in [3.8, 4) is 0 Å². The summed E-state index contributed by atoms with van der Waals surface area (Å²) in [6.07, 6.45) is 90.3. The van der Waals surface area contributed by atoms with E-state index in [9.17, 15) is 14.4 Å². The van der Waals surface area contributed by atoms with Gasteiger partial charge in [0, 0.05) is 19.3 Å². The second-order valence-electron chi connectivity index (χ2n) is 20.6. The first kappa shape index (κ1) is 72.5. The van der Waals surface area contributed by atoms with Crippen LogP contribution in [0.15, 0.2) is 134 Å². The first-order chi connectivity index (χ1) is 38.0. The van der Waals surface area contributed by atoms with Gasteiger partial charge in [0.1, 0.15) is 13.2 Å². The molecule has 0 aliphatic heterocycles. The van der Waals surface area contributed by atoms with Crippen molar-refractivity contribution in [3.63, 3.8) is 0 Å². The van der Waals surface area contributed by atoms with Crippen molar-refractivity contribution in [1.82, 2.24) is 0 Å². The minimum atomic E-state index is -0.812. The highest BCUT2D eigenvalue weighted by Crippen LogP contribution is 2.15. The number of unbranched alkanes of at least 4 members (excludes halogenated alkanes) is 23. The van der Waals surface area contributed by atoms with E-state index in [1.807, 2.05) is 0 Å². The van der Waals surface area contributed by atoms with Crippen molar-refractivity contribution in [2.75, 3.05) is 13.2 Å². The largest absolute Gasteiger partial charge is 0.462 e. The van der Waals surface area contributed by atoms with E-state index in [2.05, 4.69) is 154 Å². The molecule has 0 spiro atoms. The van der Waals surface area contributed by atoms with Gasteiger partial charge in [-0.1, -0.05) is 276 Å². The van der Waals surface area contributed by atoms with Crippen LogP contribution in [0.5, 0.6) is 0 Å². The molecule has 0 aliphatic rings. The fourth-order valence-electron chi connectivity index (χ4n) is 8.42. The van der Waals surface area contributed by atoms with Crippen molar-refractivity contribution in [1.29, 1.82) is 0 Å². The highest BCUT2D eigenvalue weighted by molar-refractivity contribution is 5.71. The molecule has 0 heterocycles. The van der Waals surface area contributed by atoms with Gasteiger partial charge in [-0.05, 0) is 116 Å². The quantitative estimate of drug-likeness (QED) is 0.0261.